The highest BCUT2D eigenvalue weighted by Crippen LogP contribution is 2.28. The number of ether oxygens (including phenoxy) is 2. The molecule has 0 radical (unpaired) electrons. The van der Waals surface area contributed by atoms with Crippen LogP contribution in [0.3, 0.4) is 0 Å². The number of rotatable bonds is 8. The number of anilines is 2. The topological polar surface area (TPSA) is 79.9 Å². The number of carbonyl (C=O) groups excluding carboxylic acids is 2. The summed E-state index contributed by atoms with van der Waals surface area (Å²) in [6.07, 6.45) is 2.98. The predicted octanol–water partition coefficient (Wildman–Crippen LogP) is 5.75. The van der Waals surface area contributed by atoms with Crippen molar-refractivity contribution in [2.24, 2.45) is 0 Å². The van der Waals surface area contributed by atoms with E-state index in [0.29, 0.717) is 16.5 Å². The number of hydrogen-bond donors (Lipinski definition) is 2. The third kappa shape index (κ3) is 6.69. The fraction of sp³-hybridized carbons (Fsp3) is 0.300. The first-order valence-corrected chi connectivity index (χ1v) is 13.1. The SMILES string of the molecule is COC(=S)c1cccc(CC2CCCN2C(=O)Cc2ccc(NC(=O)Nc3ccccc3C)c(OC)c2)c1. The van der Waals surface area contributed by atoms with Crippen LogP contribution < -0.4 is 15.4 Å². The number of amides is 3. The maximum absolute atomic E-state index is 13.3. The van der Waals surface area contributed by atoms with E-state index in [1.807, 2.05) is 66.4 Å². The third-order valence-corrected chi connectivity index (χ3v) is 7.18. The molecule has 3 amide bonds. The zero-order chi connectivity index (χ0) is 27.1. The van der Waals surface area contributed by atoms with Crippen LogP contribution >= 0.6 is 12.2 Å². The molecule has 2 N–H and O–H groups in total. The Hall–Kier alpha value is -3.91. The summed E-state index contributed by atoms with van der Waals surface area (Å²) in [5.41, 5.74) is 5.07. The van der Waals surface area contributed by atoms with Crippen LogP contribution in [-0.2, 0) is 22.4 Å². The van der Waals surface area contributed by atoms with Gasteiger partial charge in [-0.2, -0.15) is 0 Å². The lowest BCUT2D eigenvalue weighted by Gasteiger charge is -2.25. The Morgan fingerprint density at radius 2 is 1.76 bits per heavy atom. The van der Waals surface area contributed by atoms with Crippen molar-refractivity contribution in [2.45, 2.75) is 38.6 Å². The largest absolute Gasteiger partial charge is 0.495 e. The van der Waals surface area contributed by atoms with Gasteiger partial charge in [-0.1, -0.05) is 42.5 Å². The van der Waals surface area contributed by atoms with E-state index in [1.165, 1.54) is 0 Å². The second kappa shape index (κ2) is 12.6. The molecule has 0 aliphatic carbocycles. The molecule has 1 unspecified atom stereocenters. The molecule has 1 atom stereocenters. The minimum absolute atomic E-state index is 0.0797. The van der Waals surface area contributed by atoms with E-state index in [0.717, 1.165) is 53.7 Å². The Bertz CT molecular complexity index is 1330. The van der Waals surface area contributed by atoms with E-state index in [-0.39, 0.29) is 24.4 Å². The van der Waals surface area contributed by atoms with Crippen molar-refractivity contribution in [1.29, 1.82) is 0 Å². The Morgan fingerprint density at radius 1 is 0.974 bits per heavy atom. The van der Waals surface area contributed by atoms with Crippen molar-refractivity contribution in [1.82, 2.24) is 4.90 Å². The molecule has 0 spiro atoms. The van der Waals surface area contributed by atoms with E-state index in [4.69, 9.17) is 21.7 Å². The molecule has 0 aromatic heterocycles. The van der Waals surface area contributed by atoms with Gasteiger partial charge in [-0.05, 0) is 79.4 Å². The number of para-hydroxylation sites is 1. The summed E-state index contributed by atoms with van der Waals surface area (Å²) in [4.78, 5) is 27.8. The molecule has 3 aromatic carbocycles. The summed E-state index contributed by atoms with van der Waals surface area (Å²) < 4.78 is 10.7. The number of carbonyl (C=O) groups is 2. The smallest absolute Gasteiger partial charge is 0.323 e. The summed E-state index contributed by atoms with van der Waals surface area (Å²) in [7, 11) is 3.12. The Labute approximate surface area is 229 Å². The van der Waals surface area contributed by atoms with Gasteiger partial charge >= 0.3 is 6.03 Å². The highest BCUT2D eigenvalue weighted by Gasteiger charge is 2.29. The van der Waals surface area contributed by atoms with Crippen LogP contribution in [0.5, 0.6) is 5.75 Å². The summed E-state index contributed by atoms with van der Waals surface area (Å²) in [5.74, 6) is 0.579. The first kappa shape index (κ1) is 27.1. The quantitative estimate of drug-likeness (QED) is 0.362. The van der Waals surface area contributed by atoms with Crippen LogP contribution in [0.25, 0.3) is 0 Å². The first-order valence-electron chi connectivity index (χ1n) is 12.6. The molecule has 4 rings (SSSR count). The highest BCUT2D eigenvalue weighted by atomic mass is 32.1. The standard InChI is InChI=1S/C30H33N3O4S/c1-20-8-4-5-12-25(20)31-30(35)32-26-14-13-22(18-27(26)36-2)19-28(34)33-15-7-11-24(33)17-21-9-6-10-23(16-21)29(38)37-3/h4-6,8-10,12-14,16,18,24H,7,11,15,17,19H2,1-3H3,(H2,31,32,35). The molecule has 7 nitrogen and oxygen atoms in total. The third-order valence-electron chi connectivity index (χ3n) is 6.78. The van der Waals surface area contributed by atoms with Crippen LogP contribution in [0.1, 0.15) is 35.1 Å². The molecule has 1 fully saturated rings. The minimum Gasteiger partial charge on any atom is -0.495 e. The lowest BCUT2D eigenvalue weighted by atomic mass is 10.0. The average molecular weight is 532 g/mol. The monoisotopic (exact) mass is 531 g/mol. The molecule has 0 bridgehead atoms. The van der Waals surface area contributed by atoms with E-state index in [9.17, 15) is 9.59 Å². The van der Waals surface area contributed by atoms with Crippen LogP contribution in [0.2, 0.25) is 0 Å². The fourth-order valence-electron chi connectivity index (χ4n) is 4.81. The van der Waals surface area contributed by atoms with Gasteiger partial charge in [0.2, 0.25) is 5.91 Å². The van der Waals surface area contributed by atoms with Crippen molar-refractivity contribution < 1.29 is 19.1 Å². The van der Waals surface area contributed by atoms with Crippen molar-refractivity contribution in [3.8, 4) is 5.75 Å². The fourth-order valence-corrected chi connectivity index (χ4v) is 4.93. The van der Waals surface area contributed by atoms with Gasteiger partial charge in [0, 0.05) is 23.8 Å². The molecular weight excluding hydrogens is 498 g/mol. The molecule has 38 heavy (non-hydrogen) atoms. The van der Waals surface area contributed by atoms with Crippen LogP contribution in [-0.4, -0.2) is 48.7 Å². The average Bonchev–Trinajstić information content (AvgIpc) is 3.38. The first-order chi connectivity index (χ1) is 18.4. The van der Waals surface area contributed by atoms with Crippen molar-refractivity contribution in [3.63, 3.8) is 0 Å². The number of methoxy groups -OCH3 is 2. The lowest BCUT2D eigenvalue weighted by Crippen LogP contribution is -2.37. The molecule has 8 heteroatoms. The number of aryl methyl sites for hydroxylation is 1. The molecule has 1 aliphatic heterocycles. The van der Waals surface area contributed by atoms with Gasteiger partial charge in [0.25, 0.3) is 0 Å². The van der Waals surface area contributed by atoms with E-state index >= 15 is 0 Å². The number of nitrogens with one attached hydrogen (secondary N) is 2. The highest BCUT2D eigenvalue weighted by molar-refractivity contribution is 7.80. The van der Waals surface area contributed by atoms with E-state index < -0.39 is 0 Å². The lowest BCUT2D eigenvalue weighted by molar-refractivity contribution is -0.131. The van der Waals surface area contributed by atoms with Crippen molar-refractivity contribution in [2.75, 3.05) is 31.4 Å². The van der Waals surface area contributed by atoms with Crippen LogP contribution in [0.15, 0.2) is 66.7 Å². The second-order valence-corrected chi connectivity index (χ2v) is 9.76. The molecule has 1 aliphatic rings. The molecule has 0 saturated carbocycles. The molecule has 1 saturated heterocycles. The van der Waals surface area contributed by atoms with Crippen molar-refractivity contribution >= 4 is 40.6 Å². The second-order valence-electron chi connectivity index (χ2n) is 9.38. The Balaban J connectivity index is 1.39. The number of urea groups is 1. The van der Waals surface area contributed by atoms with Gasteiger partial charge in [-0.3, -0.25) is 4.79 Å². The van der Waals surface area contributed by atoms with E-state index in [2.05, 4.69) is 16.7 Å². The summed E-state index contributed by atoms with van der Waals surface area (Å²) >= 11 is 5.27. The van der Waals surface area contributed by atoms with Gasteiger partial charge in [-0.25, -0.2) is 4.79 Å². The van der Waals surface area contributed by atoms with E-state index in [1.54, 1.807) is 20.3 Å². The van der Waals surface area contributed by atoms with Gasteiger partial charge in [0.15, 0.2) is 5.05 Å². The Morgan fingerprint density at radius 3 is 2.53 bits per heavy atom. The number of likely N-dealkylation sites (tertiary alicyclic amines) is 1. The number of thiocarbonyl (C=S) groups is 1. The normalized spacial score (nSPS) is 14.6. The number of benzene rings is 3. The maximum atomic E-state index is 13.3. The molecule has 198 valence electrons. The van der Waals surface area contributed by atoms with Gasteiger partial charge in [0.1, 0.15) is 5.75 Å². The van der Waals surface area contributed by atoms with Crippen molar-refractivity contribution in [3.05, 3.63) is 89.0 Å². The van der Waals surface area contributed by atoms with Gasteiger partial charge in [-0.15, -0.1) is 0 Å². The maximum Gasteiger partial charge on any atom is 0.323 e. The van der Waals surface area contributed by atoms with Crippen LogP contribution in [0.4, 0.5) is 16.2 Å². The van der Waals surface area contributed by atoms with Crippen LogP contribution in [0, 0.1) is 6.92 Å². The molecular formula is C30H33N3O4S. The summed E-state index contributed by atoms with van der Waals surface area (Å²) in [5, 5.41) is 6.15. The number of hydrogen-bond acceptors (Lipinski definition) is 5. The molecule has 3 aromatic rings. The number of nitrogens with zero attached hydrogens (tertiary/aromatic N) is 1. The molecule has 1 heterocycles. The van der Waals surface area contributed by atoms with Gasteiger partial charge in [0.05, 0.1) is 26.3 Å². The predicted molar refractivity (Wildman–Crippen MR) is 154 cm³/mol. The summed E-state index contributed by atoms with van der Waals surface area (Å²) in [6.45, 7) is 2.68. The zero-order valence-electron chi connectivity index (χ0n) is 22.0. The summed E-state index contributed by atoms with van der Waals surface area (Å²) in [6, 6.07) is 20.8. The minimum atomic E-state index is -0.364. The van der Waals surface area contributed by atoms with Gasteiger partial charge < -0.3 is 25.0 Å². The zero-order valence-corrected chi connectivity index (χ0v) is 22.8. The Kier molecular flexibility index (Phi) is 8.97.